The molecule has 0 aliphatic rings. The molecule has 1 aromatic carbocycles. The van der Waals surface area contributed by atoms with Crippen LogP contribution < -0.4 is 10.1 Å². The van der Waals surface area contributed by atoms with E-state index in [-0.39, 0.29) is 4.90 Å². The van der Waals surface area contributed by atoms with Gasteiger partial charge in [0.2, 0.25) is 0 Å². The minimum Gasteiger partial charge on any atom is -0.246 e. The zero-order valence-electron chi connectivity index (χ0n) is 9.94. The molecule has 0 aliphatic heterocycles. The van der Waals surface area contributed by atoms with Gasteiger partial charge >= 0.3 is 6.03 Å². The Morgan fingerprint density at radius 2 is 1.74 bits per heavy atom. The summed E-state index contributed by atoms with van der Waals surface area (Å²) in [6, 6.07) is 5.23. The van der Waals surface area contributed by atoms with Crippen LogP contribution in [-0.4, -0.2) is 29.3 Å². The van der Waals surface area contributed by atoms with Gasteiger partial charge in [-0.25, -0.2) is 28.0 Å². The zero-order chi connectivity index (χ0) is 13.9. The Balaban J connectivity index is 2.09. The van der Waals surface area contributed by atoms with Crippen molar-refractivity contribution < 1.29 is 13.2 Å². The molecule has 1 aromatic heterocycles. The Hall–Kier alpha value is -2.42. The molecule has 100 valence electrons. The topological polar surface area (TPSA) is 106 Å². The summed E-state index contributed by atoms with van der Waals surface area (Å²) in [7, 11) is -3.90. The summed E-state index contributed by atoms with van der Waals surface area (Å²) in [4.78, 5) is 11.5. The molecule has 9 heteroatoms. The van der Waals surface area contributed by atoms with Crippen molar-refractivity contribution in [2.24, 2.45) is 0 Å². The molecule has 0 saturated heterocycles. The van der Waals surface area contributed by atoms with Crippen molar-refractivity contribution in [3.8, 4) is 0 Å². The fourth-order valence-electron chi connectivity index (χ4n) is 1.30. The van der Waals surface area contributed by atoms with Gasteiger partial charge in [0.1, 0.15) is 12.7 Å². The second-order valence-corrected chi connectivity index (χ2v) is 5.41. The first kappa shape index (κ1) is 13.0. The second-order valence-electron chi connectivity index (χ2n) is 3.73. The van der Waals surface area contributed by atoms with Gasteiger partial charge in [-0.3, -0.25) is 0 Å². The van der Waals surface area contributed by atoms with E-state index in [2.05, 4.69) is 15.6 Å². The Bertz CT molecular complexity index is 664. The number of nitrogens with zero attached hydrogens (tertiary/aromatic N) is 3. The van der Waals surface area contributed by atoms with E-state index in [1.807, 2.05) is 11.6 Å². The second kappa shape index (κ2) is 5.06. The lowest BCUT2D eigenvalue weighted by atomic mass is 10.2. The van der Waals surface area contributed by atoms with Crippen molar-refractivity contribution in [3.63, 3.8) is 0 Å². The molecule has 2 rings (SSSR count). The first-order valence-electron chi connectivity index (χ1n) is 5.22. The molecule has 0 aliphatic carbocycles. The number of aromatic nitrogens is 3. The molecule has 0 atom stereocenters. The number of carbonyl (C=O) groups is 1. The third-order valence-corrected chi connectivity index (χ3v) is 3.55. The number of sulfonamides is 1. The third-order valence-electron chi connectivity index (χ3n) is 2.21. The maximum absolute atomic E-state index is 11.9. The van der Waals surface area contributed by atoms with Crippen LogP contribution in [0.1, 0.15) is 5.56 Å². The summed E-state index contributed by atoms with van der Waals surface area (Å²) in [6.45, 7) is 1.84. The van der Waals surface area contributed by atoms with Crippen LogP contribution in [0.3, 0.4) is 0 Å². The van der Waals surface area contributed by atoms with E-state index in [0.717, 1.165) is 10.2 Å². The average molecular weight is 281 g/mol. The van der Waals surface area contributed by atoms with Gasteiger partial charge in [0.25, 0.3) is 10.0 Å². The number of amides is 2. The number of benzene rings is 1. The van der Waals surface area contributed by atoms with Gasteiger partial charge in [-0.1, -0.05) is 17.7 Å². The van der Waals surface area contributed by atoms with E-state index < -0.39 is 16.1 Å². The van der Waals surface area contributed by atoms with Crippen LogP contribution in [0.4, 0.5) is 4.79 Å². The van der Waals surface area contributed by atoms with Crippen LogP contribution in [-0.2, 0) is 10.0 Å². The molecule has 2 aromatic rings. The highest BCUT2D eigenvalue weighted by Gasteiger charge is 2.17. The summed E-state index contributed by atoms with van der Waals surface area (Å²) < 4.78 is 26.7. The van der Waals surface area contributed by atoms with Crippen LogP contribution >= 0.6 is 0 Å². The molecule has 0 saturated carbocycles. The van der Waals surface area contributed by atoms with Gasteiger partial charge in [0, 0.05) is 0 Å². The Morgan fingerprint density at radius 1 is 1.16 bits per heavy atom. The Kier molecular flexibility index (Phi) is 3.47. The summed E-state index contributed by atoms with van der Waals surface area (Å²) in [6.07, 6.45) is 2.44. The number of urea groups is 1. The van der Waals surface area contributed by atoms with E-state index in [1.165, 1.54) is 24.8 Å². The lowest BCUT2D eigenvalue weighted by Crippen LogP contribution is -2.37. The molecule has 1 heterocycles. The minimum absolute atomic E-state index is 0.0111. The molecule has 0 spiro atoms. The summed E-state index contributed by atoms with van der Waals surface area (Å²) in [5.74, 6) is 0. The lowest BCUT2D eigenvalue weighted by molar-refractivity contribution is 0.254. The maximum Gasteiger partial charge on any atom is 0.347 e. The Morgan fingerprint density at radius 3 is 2.32 bits per heavy atom. The van der Waals surface area contributed by atoms with E-state index in [1.54, 1.807) is 12.1 Å². The van der Waals surface area contributed by atoms with Crippen LogP contribution in [0.2, 0.25) is 0 Å². The minimum atomic E-state index is -3.90. The summed E-state index contributed by atoms with van der Waals surface area (Å²) in [5, 5.41) is 6.92. The predicted molar refractivity (Wildman–Crippen MR) is 66.3 cm³/mol. The van der Waals surface area contributed by atoms with Gasteiger partial charge < -0.3 is 0 Å². The fraction of sp³-hybridized carbons (Fsp3) is 0.100. The van der Waals surface area contributed by atoms with E-state index in [0.29, 0.717) is 0 Å². The molecule has 19 heavy (non-hydrogen) atoms. The van der Waals surface area contributed by atoms with Crippen LogP contribution in [0, 0.1) is 6.92 Å². The SMILES string of the molecule is Cc1ccc(S(=O)(=O)NC(=O)Nn2cnnc2)cc1. The fourth-order valence-corrected chi connectivity index (χ4v) is 2.20. The van der Waals surface area contributed by atoms with Gasteiger partial charge in [0.15, 0.2) is 0 Å². The molecule has 0 fully saturated rings. The van der Waals surface area contributed by atoms with Gasteiger partial charge in [-0.15, -0.1) is 10.2 Å². The third kappa shape index (κ3) is 3.28. The molecule has 2 amide bonds. The quantitative estimate of drug-likeness (QED) is 0.837. The van der Waals surface area contributed by atoms with Crippen molar-refractivity contribution in [1.82, 2.24) is 19.6 Å². The highest BCUT2D eigenvalue weighted by atomic mass is 32.2. The van der Waals surface area contributed by atoms with Crippen LogP contribution in [0.5, 0.6) is 0 Å². The van der Waals surface area contributed by atoms with Gasteiger partial charge in [0.05, 0.1) is 4.90 Å². The molecule has 2 N–H and O–H groups in total. The summed E-state index contributed by atoms with van der Waals surface area (Å²) >= 11 is 0. The van der Waals surface area contributed by atoms with Crippen LogP contribution in [0.25, 0.3) is 0 Å². The van der Waals surface area contributed by atoms with Crippen molar-refractivity contribution in [2.75, 3.05) is 5.43 Å². The molecule has 0 unspecified atom stereocenters. The standard InChI is InChI=1S/C10H11N5O3S/c1-8-2-4-9(5-3-8)19(17,18)14-10(16)13-15-6-11-12-7-15/h2-7H,1H3,(H2,13,14,16). The van der Waals surface area contributed by atoms with Gasteiger partial charge in [-0.05, 0) is 19.1 Å². The smallest absolute Gasteiger partial charge is 0.246 e. The highest BCUT2D eigenvalue weighted by molar-refractivity contribution is 7.90. The van der Waals surface area contributed by atoms with E-state index >= 15 is 0 Å². The monoisotopic (exact) mass is 281 g/mol. The largest absolute Gasteiger partial charge is 0.347 e. The van der Waals surface area contributed by atoms with Crippen molar-refractivity contribution >= 4 is 16.1 Å². The van der Waals surface area contributed by atoms with Crippen molar-refractivity contribution in [2.45, 2.75) is 11.8 Å². The predicted octanol–water partition coefficient (Wildman–Crippen LogP) is 0.229. The summed E-state index contributed by atoms with van der Waals surface area (Å²) in [5.41, 5.74) is 3.15. The highest BCUT2D eigenvalue weighted by Crippen LogP contribution is 2.09. The normalized spacial score (nSPS) is 11.0. The molecule has 8 nitrogen and oxygen atoms in total. The molecule has 0 radical (unpaired) electrons. The lowest BCUT2D eigenvalue weighted by Gasteiger charge is -2.08. The zero-order valence-corrected chi connectivity index (χ0v) is 10.8. The van der Waals surface area contributed by atoms with Gasteiger partial charge in [-0.2, -0.15) is 0 Å². The number of hydrogen-bond acceptors (Lipinski definition) is 5. The Labute approximate surface area is 109 Å². The van der Waals surface area contributed by atoms with Crippen molar-refractivity contribution in [3.05, 3.63) is 42.5 Å². The molecular formula is C10H11N5O3S. The maximum atomic E-state index is 11.9. The number of rotatable bonds is 3. The van der Waals surface area contributed by atoms with Crippen LogP contribution in [0.15, 0.2) is 41.8 Å². The first-order chi connectivity index (χ1) is 8.97. The molecule has 0 bridgehead atoms. The van der Waals surface area contributed by atoms with E-state index in [4.69, 9.17) is 0 Å². The van der Waals surface area contributed by atoms with E-state index in [9.17, 15) is 13.2 Å². The van der Waals surface area contributed by atoms with Crippen molar-refractivity contribution in [1.29, 1.82) is 0 Å². The number of nitrogens with one attached hydrogen (secondary N) is 2. The number of hydrogen-bond donors (Lipinski definition) is 2. The molecular weight excluding hydrogens is 270 g/mol. The number of aryl methyl sites for hydroxylation is 1. The number of carbonyl (C=O) groups excluding carboxylic acids is 1. The first-order valence-corrected chi connectivity index (χ1v) is 6.71. The average Bonchev–Trinajstić information content (AvgIpc) is 2.81.